The van der Waals surface area contributed by atoms with Crippen molar-refractivity contribution in [2.24, 2.45) is 0 Å². The highest BCUT2D eigenvalue weighted by atomic mass is 16.5. The second-order valence-corrected chi connectivity index (χ2v) is 6.50. The van der Waals surface area contributed by atoms with E-state index in [1.165, 1.54) is 0 Å². The van der Waals surface area contributed by atoms with Gasteiger partial charge in [0.25, 0.3) is 0 Å². The molecular formula is C15H29N3O. The molecule has 1 heterocycles. The predicted molar refractivity (Wildman–Crippen MR) is 78.0 cm³/mol. The van der Waals surface area contributed by atoms with Crippen molar-refractivity contribution in [3.05, 3.63) is 0 Å². The molecule has 1 aliphatic rings. The Hall–Kier alpha value is -0.630. The van der Waals surface area contributed by atoms with Gasteiger partial charge in [0.05, 0.1) is 18.3 Å². The van der Waals surface area contributed by atoms with Gasteiger partial charge in [0.15, 0.2) is 0 Å². The second-order valence-electron chi connectivity index (χ2n) is 6.50. The monoisotopic (exact) mass is 267 g/mol. The zero-order valence-electron chi connectivity index (χ0n) is 13.1. The molecule has 0 amide bonds. The smallest absolute Gasteiger partial charge is 0.105 e. The number of ether oxygens (including phenoxy) is 1. The van der Waals surface area contributed by atoms with Gasteiger partial charge >= 0.3 is 0 Å². The molecule has 4 nitrogen and oxygen atoms in total. The van der Waals surface area contributed by atoms with Gasteiger partial charge in [-0.1, -0.05) is 6.92 Å². The van der Waals surface area contributed by atoms with Crippen LogP contribution in [0.3, 0.4) is 0 Å². The molecule has 0 aromatic heterocycles. The van der Waals surface area contributed by atoms with Gasteiger partial charge in [-0.3, -0.25) is 10.2 Å². The molecule has 110 valence electrons. The first kappa shape index (κ1) is 16.4. The lowest BCUT2D eigenvalue weighted by atomic mass is 9.93. The van der Waals surface area contributed by atoms with Crippen LogP contribution in [-0.2, 0) is 4.74 Å². The van der Waals surface area contributed by atoms with Crippen LogP contribution in [0.15, 0.2) is 0 Å². The fourth-order valence-corrected chi connectivity index (χ4v) is 2.71. The highest BCUT2D eigenvalue weighted by Crippen LogP contribution is 2.22. The third-order valence-electron chi connectivity index (χ3n) is 3.79. The molecule has 0 saturated carbocycles. The predicted octanol–water partition coefficient (Wildman–Crippen LogP) is 2.16. The van der Waals surface area contributed by atoms with Gasteiger partial charge in [0, 0.05) is 19.1 Å². The van der Waals surface area contributed by atoms with E-state index in [1.54, 1.807) is 0 Å². The number of hydrogen-bond donors (Lipinski definition) is 1. The molecule has 1 aliphatic heterocycles. The summed E-state index contributed by atoms with van der Waals surface area (Å²) in [4.78, 5) is 2.44. The quantitative estimate of drug-likeness (QED) is 0.801. The van der Waals surface area contributed by atoms with Crippen LogP contribution in [0.4, 0.5) is 0 Å². The lowest BCUT2D eigenvalue weighted by Gasteiger charge is -2.42. The summed E-state index contributed by atoms with van der Waals surface area (Å²) in [7, 11) is 0. The molecule has 1 rings (SSSR count). The van der Waals surface area contributed by atoms with Crippen LogP contribution in [0.2, 0.25) is 0 Å². The maximum absolute atomic E-state index is 9.41. The van der Waals surface area contributed by atoms with Crippen molar-refractivity contribution in [2.75, 3.05) is 26.2 Å². The third kappa shape index (κ3) is 5.10. The van der Waals surface area contributed by atoms with E-state index in [9.17, 15) is 5.26 Å². The zero-order valence-corrected chi connectivity index (χ0v) is 13.1. The summed E-state index contributed by atoms with van der Waals surface area (Å²) < 4.78 is 5.74. The van der Waals surface area contributed by atoms with E-state index in [-0.39, 0.29) is 5.60 Å². The highest BCUT2D eigenvalue weighted by Gasteiger charge is 2.33. The van der Waals surface area contributed by atoms with Crippen molar-refractivity contribution in [1.29, 1.82) is 5.26 Å². The van der Waals surface area contributed by atoms with Crippen LogP contribution in [0.25, 0.3) is 0 Å². The van der Waals surface area contributed by atoms with Crippen LogP contribution >= 0.6 is 0 Å². The van der Waals surface area contributed by atoms with Crippen molar-refractivity contribution in [2.45, 2.75) is 64.6 Å². The number of nitriles is 1. The molecule has 1 fully saturated rings. The maximum atomic E-state index is 9.41. The van der Waals surface area contributed by atoms with Gasteiger partial charge < -0.3 is 4.74 Å². The average Bonchev–Trinajstić information content (AvgIpc) is 2.35. The topological polar surface area (TPSA) is 48.3 Å². The van der Waals surface area contributed by atoms with Crippen LogP contribution in [0.5, 0.6) is 0 Å². The Morgan fingerprint density at radius 1 is 1.53 bits per heavy atom. The van der Waals surface area contributed by atoms with Crippen molar-refractivity contribution in [1.82, 2.24) is 10.2 Å². The molecule has 2 atom stereocenters. The molecule has 0 bridgehead atoms. The molecule has 0 aromatic carbocycles. The number of morpholine rings is 1. The van der Waals surface area contributed by atoms with Gasteiger partial charge in [-0.05, 0) is 47.1 Å². The minimum Gasteiger partial charge on any atom is -0.373 e. The minimum absolute atomic E-state index is 0.0770. The van der Waals surface area contributed by atoms with Crippen molar-refractivity contribution < 1.29 is 4.74 Å². The van der Waals surface area contributed by atoms with E-state index in [0.717, 1.165) is 39.1 Å². The van der Waals surface area contributed by atoms with E-state index in [0.29, 0.717) is 6.04 Å². The van der Waals surface area contributed by atoms with E-state index >= 15 is 0 Å². The lowest BCUT2D eigenvalue weighted by molar-refractivity contribution is -0.0972. The zero-order chi connectivity index (χ0) is 14.5. The molecule has 0 spiro atoms. The molecule has 2 unspecified atom stereocenters. The molecule has 0 radical (unpaired) electrons. The number of rotatable bonds is 6. The van der Waals surface area contributed by atoms with Gasteiger partial charge in [-0.15, -0.1) is 0 Å². The van der Waals surface area contributed by atoms with Crippen molar-refractivity contribution in [3.63, 3.8) is 0 Å². The maximum Gasteiger partial charge on any atom is 0.105 e. The number of nitrogens with one attached hydrogen (secondary N) is 1. The SMILES string of the molecule is CCCNC(C)(C#N)CC(C)N1CCOC(C)(C)C1. The molecular weight excluding hydrogens is 238 g/mol. The molecule has 1 saturated heterocycles. The summed E-state index contributed by atoms with van der Waals surface area (Å²) in [6.07, 6.45) is 1.90. The Morgan fingerprint density at radius 3 is 2.74 bits per heavy atom. The Balaban J connectivity index is 2.57. The fraction of sp³-hybridized carbons (Fsp3) is 0.933. The lowest BCUT2D eigenvalue weighted by Crippen LogP contribution is -2.54. The van der Waals surface area contributed by atoms with Crippen molar-refractivity contribution in [3.8, 4) is 6.07 Å². The standard InChI is InChI=1S/C15H29N3O/c1-6-7-17-15(5,11-16)10-13(2)18-8-9-19-14(3,4)12-18/h13,17H,6-10,12H2,1-5H3. The highest BCUT2D eigenvalue weighted by molar-refractivity contribution is 5.05. The summed E-state index contributed by atoms with van der Waals surface area (Å²) in [5.74, 6) is 0. The Labute approximate surface area is 118 Å². The summed E-state index contributed by atoms with van der Waals surface area (Å²) in [5, 5.41) is 12.8. The average molecular weight is 267 g/mol. The summed E-state index contributed by atoms with van der Waals surface area (Å²) in [6, 6.07) is 2.82. The first-order valence-electron chi connectivity index (χ1n) is 7.36. The largest absolute Gasteiger partial charge is 0.373 e. The molecule has 0 aliphatic carbocycles. The van der Waals surface area contributed by atoms with Crippen LogP contribution in [0.1, 0.15) is 47.5 Å². The summed E-state index contributed by atoms with van der Waals surface area (Å²) in [6.45, 7) is 14.2. The third-order valence-corrected chi connectivity index (χ3v) is 3.79. The molecule has 19 heavy (non-hydrogen) atoms. The van der Waals surface area contributed by atoms with Gasteiger partial charge in [-0.25, -0.2) is 0 Å². The second kappa shape index (κ2) is 6.69. The molecule has 1 N–H and O–H groups in total. The summed E-state index contributed by atoms with van der Waals surface area (Å²) in [5.41, 5.74) is -0.510. The van der Waals surface area contributed by atoms with E-state index < -0.39 is 5.54 Å². The minimum atomic E-state index is -0.433. The van der Waals surface area contributed by atoms with E-state index in [1.807, 2.05) is 6.92 Å². The van der Waals surface area contributed by atoms with Gasteiger partial charge in [0.1, 0.15) is 5.54 Å². The normalized spacial score (nSPS) is 24.4. The summed E-state index contributed by atoms with van der Waals surface area (Å²) >= 11 is 0. The van der Waals surface area contributed by atoms with E-state index in [2.05, 4.69) is 44.0 Å². The fourth-order valence-electron chi connectivity index (χ4n) is 2.71. The Morgan fingerprint density at radius 2 is 2.21 bits per heavy atom. The van der Waals surface area contributed by atoms with Crippen LogP contribution < -0.4 is 5.32 Å². The Kier molecular flexibility index (Phi) is 5.79. The Bertz CT molecular complexity index is 324. The van der Waals surface area contributed by atoms with Crippen molar-refractivity contribution >= 4 is 0 Å². The van der Waals surface area contributed by atoms with Crippen LogP contribution in [0, 0.1) is 11.3 Å². The molecule has 0 aromatic rings. The number of hydrogen-bond acceptors (Lipinski definition) is 4. The number of nitrogens with zero attached hydrogens (tertiary/aromatic N) is 2. The van der Waals surface area contributed by atoms with Gasteiger partial charge in [-0.2, -0.15) is 5.26 Å². The van der Waals surface area contributed by atoms with Gasteiger partial charge in [0.2, 0.25) is 0 Å². The van der Waals surface area contributed by atoms with E-state index in [4.69, 9.17) is 4.74 Å². The first-order valence-corrected chi connectivity index (χ1v) is 7.36. The first-order chi connectivity index (χ1) is 8.82. The van der Waals surface area contributed by atoms with Crippen LogP contribution in [-0.4, -0.2) is 48.3 Å². The molecule has 4 heteroatoms.